The van der Waals surface area contributed by atoms with Gasteiger partial charge in [0.05, 0.1) is 5.88 Å². The molecule has 0 saturated heterocycles. The lowest BCUT2D eigenvalue weighted by molar-refractivity contribution is -0.157. The molecule has 248 valence electrons. The highest BCUT2D eigenvalue weighted by Crippen LogP contribution is 2.14. The Morgan fingerprint density at radius 1 is 0.524 bits per heavy atom. The summed E-state index contributed by atoms with van der Waals surface area (Å²) in [5.74, 6) is -0.322. The van der Waals surface area contributed by atoms with Crippen molar-refractivity contribution in [2.24, 2.45) is 0 Å². The second kappa shape index (κ2) is 34.5. The fraction of sp³-hybridized carbons (Fsp3) is 0.892. The van der Waals surface area contributed by atoms with Gasteiger partial charge in [-0.05, 0) is 38.5 Å². The van der Waals surface area contributed by atoms with Crippen LogP contribution in [0.4, 0.5) is 0 Å². The third-order valence-corrected chi connectivity index (χ3v) is 8.37. The van der Waals surface area contributed by atoms with Gasteiger partial charge in [-0.25, -0.2) is 0 Å². The first kappa shape index (κ1) is 41.0. The molecule has 0 rings (SSSR count). The maximum absolute atomic E-state index is 12.2. The van der Waals surface area contributed by atoms with Crippen molar-refractivity contribution in [1.29, 1.82) is 0 Å². The normalized spacial score (nSPS) is 12.2. The van der Waals surface area contributed by atoms with Gasteiger partial charge in [-0.1, -0.05) is 154 Å². The Morgan fingerprint density at radius 2 is 0.881 bits per heavy atom. The van der Waals surface area contributed by atoms with Crippen molar-refractivity contribution in [3.63, 3.8) is 0 Å². The number of rotatable bonds is 33. The van der Waals surface area contributed by atoms with Gasteiger partial charge in [0, 0.05) is 12.8 Å². The second-order valence-electron chi connectivity index (χ2n) is 12.3. The van der Waals surface area contributed by atoms with Crippen LogP contribution in [0, 0.1) is 0 Å². The minimum atomic E-state index is -0.558. The lowest BCUT2D eigenvalue weighted by Gasteiger charge is -2.15. The molecule has 0 radical (unpaired) electrons. The summed E-state index contributed by atoms with van der Waals surface area (Å²) in [4.78, 5) is 24.2. The summed E-state index contributed by atoms with van der Waals surface area (Å²) in [6, 6.07) is 0. The average molecular weight is 613 g/mol. The number of esters is 2. The molecule has 1 unspecified atom stereocenters. The van der Waals surface area contributed by atoms with Crippen LogP contribution >= 0.6 is 11.6 Å². The van der Waals surface area contributed by atoms with E-state index in [0.717, 1.165) is 38.5 Å². The van der Waals surface area contributed by atoms with Gasteiger partial charge >= 0.3 is 11.9 Å². The Bertz CT molecular complexity index is 607. The third-order valence-electron chi connectivity index (χ3n) is 8.03. The molecule has 0 fully saturated rings. The van der Waals surface area contributed by atoms with Crippen LogP contribution in [-0.2, 0) is 19.1 Å². The molecule has 0 saturated carbocycles. The molecular weight excluding hydrogens is 544 g/mol. The van der Waals surface area contributed by atoms with Crippen molar-refractivity contribution in [3.8, 4) is 0 Å². The Morgan fingerprint density at radius 3 is 1.29 bits per heavy atom. The number of ether oxygens (including phenoxy) is 2. The van der Waals surface area contributed by atoms with Crippen molar-refractivity contribution >= 4 is 23.5 Å². The maximum Gasteiger partial charge on any atom is 0.306 e. The molecule has 0 spiro atoms. The van der Waals surface area contributed by atoms with Gasteiger partial charge in [-0.2, -0.15) is 0 Å². The molecule has 1 atom stereocenters. The zero-order valence-corrected chi connectivity index (χ0v) is 28.7. The average Bonchev–Trinajstić information content (AvgIpc) is 2.99. The maximum atomic E-state index is 12.2. The SMILES string of the molecule is CCCCCCCCC=CCCCCCCCC(=O)OC(CCl)COC(=O)CCCCCCCCCCCCCCC. The topological polar surface area (TPSA) is 52.6 Å². The third kappa shape index (κ3) is 31.9. The quantitative estimate of drug-likeness (QED) is 0.0320. The predicted molar refractivity (Wildman–Crippen MR) is 181 cm³/mol. The first-order valence-electron chi connectivity index (χ1n) is 18.2. The van der Waals surface area contributed by atoms with Crippen LogP contribution in [0.25, 0.3) is 0 Å². The summed E-state index contributed by atoms with van der Waals surface area (Å²) in [6.07, 6.45) is 37.6. The summed E-state index contributed by atoms with van der Waals surface area (Å²) in [5, 5.41) is 0. The first-order chi connectivity index (χ1) is 20.6. The molecular formula is C37H69ClO4. The number of unbranched alkanes of at least 4 members (excludes halogenated alkanes) is 23. The Hall–Kier alpha value is -1.03. The molecule has 0 bridgehead atoms. The highest BCUT2D eigenvalue weighted by atomic mass is 35.5. The zero-order valence-electron chi connectivity index (χ0n) is 28.0. The smallest absolute Gasteiger partial charge is 0.306 e. The molecule has 0 aromatic rings. The van der Waals surface area contributed by atoms with E-state index in [1.54, 1.807) is 0 Å². The molecule has 42 heavy (non-hydrogen) atoms. The monoisotopic (exact) mass is 612 g/mol. The van der Waals surface area contributed by atoms with E-state index < -0.39 is 6.10 Å². The summed E-state index contributed by atoms with van der Waals surface area (Å²) < 4.78 is 10.8. The minimum absolute atomic E-state index is 0.0545. The minimum Gasteiger partial charge on any atom is -0.462 e. The molecule has 0 aliphatic rings. The molecule has 4 nitrogen and oxygen atoms in total. The van der Waals surface area contributed by atoms with Crippen molar-refractivity contribution < 1.29 is 19.1 Å². The molecule has 0 aliphatic carbocycles. The van der Waals surface area contributed by atoms with E-state index in [9.17, 15) is 9.59 Å². The van der Waals surface area contributed by atoms with Crippen molar-refractivity contribution in [2.75, 3.05) is 12.5 Å². The molecule has 0 amide bonds. The number of carbonyl (C=O) groups excluding carboxylic acids is 2. The fourth-order valence-corrected chi connectivity index (χ4v) is 5.39. The lowest BCUT2D eigenvalue weighted by Crippen LogP contribution is -2.26. The fourth-order valence-electron chi connectivity index (χ4n) is 5.24. The van der Waals surface area contributed by atoms with Gasteiger partial charge in [0.2, 0.25) is 0 Å². The summed E-state index contributed by atoms with van der Waals surface area (Å²) in [5.41, 5.74) is 0. The van der Waals surface area contributed by atoms with Crippen molar-refractivity contribution in [3.05, 3.63) is 12.2 Å². The zero-order chi connectivity index (χ0) is 30.8. The van der Waals surface area contributed by atoms with Crippen LogP contribution in [-0.4, -0.2) is 30.5 Å². The van der Waals surface area contributed by atoms with Gasteiger partial charge in [-0.15, -0.1) is 11.6 Å². The van der Waals surface area contributed by atoms with Crippen molar-refractivity contribution in [2.45, 2.75) is 200 Å². The van der Waals surface area contributed by atoms with E-state index in [1.807, 2.05) is 0 Å². The number of allylic oxidation sites excluding steroid dienone is 2. The number of alkyl halides is 1. The van der Waals surface area contributed by atoms with Crippen LogP contribution in [0.5, 0.6) is 0 Å². The second-order valence-corrected chi connectivity index (χ2v) is 12.6. The van der Waals surface area contributed by atoms with Crippen molar-refractivity contribution in [1.82, 2.24) is 0 Å². The van der Waals surface area contributed by atoms with E-state index in [0.29, 0.717) is 12.8 Å². The van der Waals surface area contributed by atoms with Gasteiger partial charge in [0.15, 0.2) is 0 Å². The molecule has 5 heteroatoms. The summed E-state index contributed by atoms with van der Waals surface area (Å²) in [7, 11) is 0. The van der Waals surface area contributed by atoms with Gasteiger partial charge in [0.25, 0.3) is 0 Å². The van der Waals surface area contributed by atoms with Gasteiger partial charge < -0.3 is 9.47 Å². The van der Waals surface area contributed by atoms with Crippen LogP contribution in [0.15, 0.2) is 12.2 Å². The largest absolute Gasteiger partial charge is 0.462 e. The molecule has 0 heterocycles. The Balaban J connectivity index is 3.55. The Labute approximate surface area is 266 Å². The predicted octanol–water partition coefficient (Wildman–Crippen LogP) is 12.2. The van der Waals surface area contributed by atoms with E-state index in [1.165, 1.54) is 128 Å². The van der Waals surface area contributed by atoms with Gasteiger partial charge in [0.1, 0.15) is 12.7 Å². The van der Waals surface area contributed by atoms with Crippen LogP contribution < -0.4 is 0 Å². The first-order valence-corrected chi connectivity index (χ1v) is 18.7. The number of carbonyl (C=O) groups is 2. The van der Waals surface area contributed by atoms with Crippen LogP contribution in [0.1, 0.15) is 194 Å². The van der Waals surface area contributed by atoms with E-state index in [-0.39, 0.29) is 24.4 Å². The van der Waals surface area contributed by atoms with E-state index >= 15 is 0 Å². The summed E-state index contributed by atoms with van der Waals surface area (Å²) >= 11 is 5.95. The number of hydrogen-bond donors (Lipinski definition) is 0. The molecule has 0 N–H and O–H groups in total. The van der Waals surface area contributed by atoms with Crippen LogP contribution in [0.2, 0.25) is 0 Å². The molecule has 0 aliphatic heterocycles. The van der Waals surface area contributed by atoms with Gasteiger partial charge in [-0.3, -0.25) is 9.59 Å². The molecule has 0 aromatic heterocycles. The number of halogens is 1. The Kier molecular flexibility index (Phi) is 33.6. The lowest BCUT2D eigenvalue weighted by atomic mass is 10.0. The highest BCUT2D eigenvalue weighted by molar-refractivity contribution is 6.18. The highest BCUT2D eigenvalue weighted by Gasteiger charge is 2.16. The van der Waals surface area contributed by atoms with E-state index in [4.69, 9.17) is 21.1 Å². The van der Waals surface area contributed by atoms with E-state index in [2.05, 4.69) is 26.0 Å². The van der Waals surface area contributed by atoms with Crippen LogP contribution in [0.3, 0.4) is 0 Å². The number of hydrogen-bond acceptors (Lipinski definition) is 4. The summed E-state index contributed by atoms with van der Waals surface area (Å²) in [6.45, 7) is 4.58. The standard InChI is InChI=1S/C37H69ClO4/c1-3-5-7-9-11-13-15-17-18-20-22-24-26-28-30-32-37(40)42-35(33-38)34-41-36(39)31-29-27-25-23-21-19-16-14-12-10-8-6-4-2/h17-18,35H,3-16,19-34H2,1-2H3. The molecule has 0 aromatic carbocycles.